The van der Waals surface area contributed by atoms with Crippen LogP contribution >= 0.6 is 0 Å². The molecule has 0 saturated carbocycles. The van der Waals surface area contributed by atoms with E-state index in [4.69, 9.17) is 9.47 Å². The van der Waals surface area contributed by atoms with Gasteiger partial charge < -0.3 is 23.8 Å². The number of hydrogen-bond acceptors (Lipinski definition) is 4. The van der Waals surface area contributed by atoms with E-state index in [1.54, 1.807) is 60.4 Å². The van der Waals surface area contributed by atoms with E-state index >= 15 is 0 Å². The molecule has 0 spiro atoms. The zero-order chi connectivity index (χ0) is 29.0. The third kappa shape index (κ3) is 8.53. The molecule has 4 rings (SSSR count). The molecule has 3 aromatic carbocycles. The van der Waals surface area contributed by atoms with Gasteiger partial charge in [-0.15, -0.1) is 0 Å². The van der Waals surface area contributed by atoms with E-state index in [1.807, 2.05) is 48.7 Å². The molecule has 4 aromatic rings. The summed E-state index contributed by atoms with van der Waals surface area (Å²) >= 11 is 0. The van der Waals surface area contributed by atoms with Crippen LogP contribution in [-0.4, -0.2) is 60.1 Å². The Morgan fingerprint density at radius 1 is 0.805 bits per heavy atom. The molecule has 214 valence electrons. The number of aromatic nitrogens is 1. The molecule has 0 aliphatic rings. The molecule has 0 N–H and O–H groups in total. The van der Waals surface area contributed by atoms with Gasteiger partial charge in [-0.1, -0.05) is 42.5 Å². The molecule has 7 nitrogen and oxygen atoms in total. The van der Waals surface area contributed by atoms with Crippen LogP contribution in [0.2, 0.25) is 0 Å². The van der Waals surface area contributed by atoms with E-state index in [-0.39, 0.29) is 24.2 Å². The van der Waals surface area contributed by atoms with E-state index in [2.05, 4.69) is 4.57 Å². The Balaban J connectivity index is 1.55. The Morgan fingerprint density at radius 3 is 2.22 bits per heavy atom. The lowest BCUT2D eigenvalue weighted by atomic mass is 10.1. The number of methoxy groups -OCH3 is 2. The highest BCUT2D eigenvalue weighted by atomic mass is 19.1. The quantitative estimate of drug-likeness (QED) is 0.195. The number of rotatable bonds is 14. The Labute approximate surface area is 240 Å². The summed E-state index contributed by atoms with van der Waals surface area (Å²) in [5.74, 6) is -0.0132. The van der Waals surface area contributed by atoms with Crippen molar-refractivity contribution in [2.24, 2.45) is 0 Å². The van der Waals surface area contributed by atoms with E-state index < -0.39 is 0 Å². The van der Waals surface area contributed by atoms with Crippen molar-refractivity contribution < 1.29 is 23.5 Å². The first-order valence-corrected chi connectivity index (χ1v) is 13.6. The third-order valence-corrected chi connectivity index (χ3v) is 6.84. The molecule has 0 aliphatic carbocycles. The molecular weight excluding hydrogens is 521 g/mol. The van der Waals surface area contributed by atoms with Crippen LogP contribution in [0.5, 0.6) is 5.75 Å². The van der Waals surface area contributed by atoms with Gasteiger partial charge >= 0.3 is 0 Å². The normalized spacial score (nSPS) is 10.8. The highest BCUT2D eigenvalue weighted by molar-refractivity contribution is 5.96. The Hall–Kier alpha value is -4.43. The molecule has 2 amide bonds. The predicted molar refractivity (Wildman–Crippen MR) is 156 cm³/mol. The monoisotopic (exact) mass is 557 g/mol. The minimum atomic E-state index is -0.277. The molecule has 41 heavy (non-hydrogen) atoms. The molecule has 0 aliphatic heterocycles. The van der Waals surface area contributed by atoms with Crippen molar-refractivity contribution in [1.29, 1.82) is 0 Å². The number of hydrogen-bond donors (Lipinski definition) is 0. The van der Waals surface area contributed by atoms with Crippen molar-refractivity contribution in [1.82, 2.24) is 14.4 Å². The van der Waals surface area contributed by atoms with Gasteiger partial charge in [-0.3, -0.25) is 9.59 Å². The van der Waals surface area contributed by atoms with Crippen molar-refractivity contribution in [3.63, 3.8) is 0 Å². The van der Waals surface area contributed by atoms with Crippen molar-refractivity contribution in [2.45, 2.75) is 26.1 Å². The second kappa shape index (κ2) is 14.8. The SMILES string of the molecule is COCCCN(CC(=O)N(Cc1ccccc1)Cc1cccn1Cc1ccc(F)cc1)C(=O)c1ccc(OC)cc1. The van der Waals surface area contributed by atoms with Crippen molar-refractivity contribution in [3.05, 3.63) is 125 Å². The zero-order valence-corrected chi connectivity index (χ0v) is 23.5. The van der Waals surface area contributed by atoms with Gasteiger partial charge in [0.25, 0.3) is 5.91 Å². The highest BCUT2D eigenvalue weighted by Gasteiger charge is 2.23. The average Bonchev–Trinajstić information content (AvgIpc) is 3.44. The minimum absolute atomic E-state index is 0.0694. The fraction of sp³-hybridized carbons (Fsp3) is 0.273. The van der Waals surface area contributed by atoms with Crippen molar-refractivity contribution in [2.75, 3.05) is 33.9 Å². The number of amides is 2. The van der Waals surface area contributed by atoms with Crippen LogP contribution in [0.1, 0.15) is 33.6 Å². The number of halogens is 1. The van der Waals surface area contributed by atoms with E-state index in [9.17, 15) is 14.0 Å². The molecule has 0 bridgehead atoms. The van der Waals surface area contributed by atoms with Gasteiger partial charge in [0, 0.05) is 50.8 Å². The van der Waals surface area contributed by atoms with Crippen molar-refractivity contribution in [3.8, 4) is 5.75 Å². The summed E-state index contributed by atoms with van der Waals surface area (Å²) in [5, 5.41) is 0. The van der Waals surface area contributed by atoms with Crippen LogP contribution in [0.25, 0.3) is 0 Å². The molecule has 1 aromatic heterocycles. The van der Waals surface area contributed by atoms with Crippen LogP contribution in [0.3, 0.4) is 0 Å². The molecule has 0 fully saturated rings. The summed E-state index contributed by atoms with van der Waals surface area (Å²) in [7, 11) is 3.19. The summed E-state index contributed by atoms with van der Waals surface area (Å²) in [4.78, 5) is 30.7. The maximum atomic E-state index is 13.9. The average molecular weight is 558 g/mol. The second-order valence-corrected chi connectivity index (χ2v) is 9.79. The number of nitrogens with zero attached hydrogens (tertiary/aromatic N) is 3. The van der Waals surface area contributed by atoms with Crippen LogP contribution < -0.4 is 4.74 Å². The number of carbonyl (C=O) groups excluding carboxylic acids is 2. The molecular formula is C33H36FN3O4. The van der Waals surface area contributed by atoms with Gasteiger partial charge in [-0.05, 0) is 66.1 Å². The van der Waals surface area contributed by atoms with Gasteiger partial charge in [0.05, 0.1) is 13.7 Å². The number of carbonyl (C=O) groups is 2. The largest absolute Gasteiger partial charge is 0.497 e. The second-order valence-electron chi connectivity index (χ2n) is 9.79. The van der Waals surface area contributed by atoms with Crippen LogP contribution in [0, 0.1) is 5.82 Å². The fourth-order valence-corrected chi connectivity index (χ4v) is 4.60. The fourth-order valence-electron chi connectivity index (χ4n) is 4.60. The van der Waals surface area contributed by atoms with Gasteiger partial charge in [0.15, 0.2) is 0 Å². The van der Waals surface area contributed by atoms with Gasteiger partial charge in [0.2, 0.25) is 5.91 Å². The third-order valence-electron chi connectivity index (χ3n) is 6.84. The van der Waals surface area contributed by atoms with Gasteiger partial charge in [-0.2, -0.15) is 0 Å². The first-order chi connectivity index (χ1) is 20.0. The topological polar surface area (TPSA) is 64.0 Å². The van der Waals surface area contributed by atoms with Crippen LogP contribution in [0.15, 0.2) is 97.2 Å². The molecule has 0 atom stereocenters. The van der Waals surface area contributed by atoms with Crippen LogP contribution in [-0.2, 0) is 29.2 Å². The lowest BCUT2D eigenvalue weighted by Crippen LogP contribution is -2.43. The minimum Gasteiger partial charge on any atom is -0.497 e. The molecule has 0 unspecified atom stereocenters. The smallest absolute Gasteiger partial charge is 0.254 e. The van der Waals surface area contributed by atoms with E-state index in [0.717, 1.165) is 16.8 Å². The summed E-state index contributed by atoms with van der Waals surface area (Å²) in [6.45, 7) is 2.08. The molecule has 8 heteroatoms. The number of ether oxygens (including phenoxy) is 2. The maximum absolute atomic E-state index is 13.9. The van der Waals surface area contributed by atoms with E-state index in [1.165, 1.54) is 12.1 Å². The van der Waals surface area contributed by atoms with Gasteiger partial charge in [0.1, 0.15) is 18.1 Å². The first kappa shape index (κ1) is 29.6. The van der Waals surface area contributed by atoms with Gasteiger partial charge in [-0.25, -0.2) is 4.39 Å². The summed E-state index contributed by atoms with van der Waals surface area (Å²) < 4.78 is 25.9. The highest BCUT2D eigenvalue weighted by Crippen LogP contribution is 2.17. The Bertz CT molecular complexity index is 1390. The lowest BCUT2D eigenvalue weighted by molar-refractivity contribution is -0.133. The molecule has 1 heterocycles. The Kier molecular flexibility index (Phi) is 10.7. The molecule has 0 saturated heterocycles. The van der Waals surface area contributed by atoms with Crippen LogP contribution in [0.4, 0.5) is 4.39 Å². The zero-order valence-electron chi connectivity index (χ0n) is 23.5. The summed E-state index contributed by atoms with van der Waals surface area (Å²) in [5.41, 5.74) is 3.37. The summed E-state index contributed by atoms with van der Waals surface area (Å²) in [6.07, 6.45) is 2.55. The van der Waals surface area contributed by atoms with Crippen molar-refractivity contribution >= 4 is 11.8 Å². The lowest BCUT2D eigenvalue weighted by Gasteiger charge is -2.28. The Morgan fingerprint density at radius 2 is 1.54 bits per heavy atom. The summed E-state index contributed by atoms with van der Waals surface area (Å²) in [6, 6.07) is 27.0. The van der Waals surface area contributed by atoms with E-state index in [0.29, 0.717) is 50.5 Å². The standard InChI is InChI=1S/C33H36FN3O4/c1-40-21-7-20-36(33(39)28-13-17-31(41-2)18-14-28)25-32(38)37(23-26-8-4-3-5-9-26)24-30-10-6-19-35(30)22-27-11-15-29(34)16-12-27/h3-6,8-19H,7,20-25H2,1-2H3. The first-order valence-electron chi connectivity index (χ1n) is 13.6. The predicted octanol–water partition coefficient (Wildman–Crippen LogP) is 5.39. The maximum Gasteiger partial charge on any atom is 0.254 e. The number of benzene rings is 3. The molecule has 0 radical (unpaired) electrons.